The summed E-state index contributed by atoms with van der Waals surface area (Å²) in [6.45, 7) is 0.414. The summed E-state index contributed by atoms with van der Waals surface area (Å²) >= 11 is 0. The monoisotopic (exact) mass is 398 g/mol. The fourth-order valence-electron chi connectivity index (χ4n) is 2.62. The molecule has 0 spiro atoms. The van der Waals surface area contributed by atoms with Gasteiger partial charge in [-0.15, -0.1) is 0 Å². The molecule has 3 aromatic carbocycles. The molecule has 3 aromatic rings. The highest BCUT2D eigenvalue weighted by molar-refractivity contribution is 6.06. The lowest BCUT2D eigenvalue weighted by molar-refractivity contribution is -0.138. The second-order valence-corrected chi connectivity index (χ2v) is 6.39. The summed E-state index contributed by atoms with van der Waals surface area (Å²) in [5.74, 6) is 0.211. The van der Waals surface area contributed by atoms with Gasteiger partial charge in [-0.05, 0) is 35.4 Å². The Morgan fingerprint density at radius 3 is 1.97 bits per heavy atom. The summed E-state index contributed by atoms with van der Waals surface area (Å²) in [7, 11) is 0. The Morgan fingerprint density at radius 1 is 0.667 bits per heavy atom. The van der Waals surface area contributed by atoms with Crippen LogP contribution in [0.3, 0.4) is 0 Å². The number of benzene rings is 3. The van der Waals surface area contributed by atoms with Crippen LogP contribution in [0.4, 0.5) is 0 Å². The molecule has 0 aromatic heterocycles. The minimum absolute atomic E-state index is 0.0425. The van der Waals surface area contributed by atoms with Crippen molar-refractivity contribution in [2.75, 3.05) is 13.2 Å². The first-order chi connectivity index (χ1) is 14.7. The van der Waals surface area contributed by atoms with Crippen molar-refractivity contribution in [1.29, 1.82) is 0 Å². The average Bonchev–Trinajstić information content (AvgIpc) is 2.81. The van der Waals surface area contributed by atoms with Gasteiger partial charge in [0.2, 0.25) is 0 Å². The number of ether oxygens (including phenoxy) is 2. The summed E-state index contributed by atoms with van der Waals surface area (Å²) in [6.07, 6.45) is 6.42. The molecular weight excluding hydrogens is 376 g/mol. The number of hydrogen-bond acceptors (Lipinski definition) is 4. The van der Waals surface area contributed by atoms with Gasteiger partial charge in [-0.1, -0.05) is 78.9 Å². The van der Waals surface area contributed by atoms with E-state index in [4.69, 9.17) is 9.47 Å². The first-order valence-corrected chi connectivity index (χ1v) is 9.61. The maximum Gasteiger partial charge on any atom is 0.330 e. The zero-order valence-electron chi connectivity index (χ0n) is 16.4. The minimum atomic E-state index is -0.411. The van der Waals surface area contributed by atoms with Crippen molar-refractivity contribution in [2.45, 2.75) is 0 Å². The van der Waals surface area contributed by atoms with E-state index in [0.29, 0.717) is 11.3 Å². The van der Waals surface area contributed by atoms with E-state index in [1.54, 1.807) is 30.4 Å². The van der Waals surface area contributed by atoms with Gasteiger partial charge in [0.05, 0.1) is 0 Å². The number of ketones is 1. The van der Waals surface area contributed by atoms with Crippen LogP contribution in [0.15, 0.2) is 97.1 Å². The quantitative estimate of drug-likeness (QED) is 0.215. The highest BCUT2D eigenvalue weighted by Crippen LogP contribution is 2.14. The van der Waals surface area contributed by atoms with Crippen molar-refractivity contribution in [3.8, 4) is 5.75 Å². The predicted octanol–water partition coefficient (Wildman–Crippen LogP) is 5.22. The minimum Gasteiger partial charge on any atom is -0.490 e. The molecule has 3 rings (SSSR count). The van der Waals surface area contributed by atoms with E-state index >= 15 is 0 Å². The number of hydrogen-bond donors (Lipinski definition) is 0. The highest BCUT2D eigenvalue weighted by atomic mass is 16.6. The standard InChI is InChI=1S/C26H22O4/c27-25(23-9-5-2-6-10-23)17-13-22-11-15-24(16-12-22)29-19-20-30-26(28)18-14-21-7-3-1-4-8-21/h1-18H,19-20H2. The van der Waals surface area contributed by atoms with Crippen LogP contribution in [-0.2, 0) is 9.53 Å². The van der Waals surface area contributed by atoms with Gasteiger partial charge in [-0.2, -0.15) is 0 Å². The van der Waals surface area contributed by atoms with Crippen molar-refractivity contribution in [1.82, 2.24) is 0 Å². The topological polar surface area (TPSA) is 52.6 Å². The third kappa shape index (κ3) is 6.91. The van der Waals surface area contributed by atoms with E-state index in [9.17, 15) is 9.59 Å². The van der Waals surface area contributed by atoms with E-state index in [1.807, 2.05) is 72.8 Å². The molecule has 0 N–H and O–H groups in total. The molecule has 0 aliphatic carbocycles. The van der Waals surface area contributed by atoms with Crippen LogP contribution >= 0.6 is 0 Å². The molecule has 4 heteroatoms. The van der Waals surface area contributed by atoms with Gasteiger partial charge < -0.3 is 9.47 Å². The molecule has 0 heterocycles. The van der Waals surface area contributed by atoms with Gasteiger partial charge in [-0.3, -0.25) is 4.79 Å². The maximum atomic E-state index is 12.1. The Bertz CT molecular complexity index is 1000. The largest absolute Gasteiger partial charge is 0.490 e. The Morgan fingerprint density at radius 2 is 1.27 bits per heavy atom. The highest BCUT2D eigenvalue weighted by Gasteiger charge is 2.01. The van der Waals surface area contributed by atoms with Crippen LogP contribution in [-0.4, -0.2) is 25.0 Å². The summed E-state index contributed by atoms with van der Waals surface area (Å²) in [5, 5.41) is 0. The smallest absolute Gasteiger partial charge is 0.330 e. The average molecular weight is 398 g/mol. The van der Waals surface area contributed by atoms with Gasteiger partial charge >= 0.3 is 5.97 Å². The summed E-state index contributed by atoms with van der Waals surface area (Å²) in [4.78, 5) is 23.8. The van der Waals surface area contributed by atoms with Crippen molar-refractivity contribution in [2.24, 2.45) is 0 Å². The lowest BCUT2D eigenvalue weighted by atomic mass is 10.1. The van der Waals surface area contributed by atoms with Gasteiger partial charge in [0.1, 0.15) is 19.0 Å². The first kappa shape index (κ1) is 20.8. The Kier molecular flexibility index (Phi) is 7.75. The number of allylic oxidation sites excluding steroid dienone is 1. The predicted molar refractivity (Wildman–Crippen MR) is 118 cm³/mol. The van der Waals surface area contributed by atoms with Gasteiger partial charge in [-0.25, -0.2) is 4.79 Å². The molecule has 0 radical (unpaired) electrons. The van der Waals surface area contributed by atoms with E-state index < -0.39 is 5.97 Å². The maximum absolute atomic E-state index is 12.1. The molecule has 0 bridgehead atoms. The number of rotatable bonds is 9. The molecule has 0 aliphatic heterocycles. The van der Waals surface area contributed by atoms with Crippen LogP contribution < -0.4 is 4.74 Å². The molecule has 0 saturated carbocycles. The molecule has 0 unspecified atom stereocenters. The van der Waals surface area contributed by atoms with Crippen LogP contribution in [0, 0.1) is 0 Å². The molecular formula is C26H22O4. The SMILES string of the molecule is O=C(C=Cc1ccccc1)OCCOc1ccc(C=CC(=O)c2ccccc2)cc1. The van der Waals surface area contributed by atoms with Crippen molar-refractivity contribution in [3.05, 3.63) is 114 Å². The number of esters is 1. The summed E-state index contributed by atoms with van der Waals surface area (Å²) < 4.78 is 10.7. The molecule has 30 heavy (non-hydrogen) atoms. The molecule has 150 valence electrons. The Labute approximate surface area is 176 Å². The first-order valence-electron chi connectivity index (χ1n) is 9.61. The fourth-order valence-corrected chi connectivity index (χ4v) is 2.62. The van der Waals surface area contributed by atoms with Gasteiger partial charge in [0.25, 0.3) is 0 Å². The molecule has 0 atom stereocenters. The summed E-state index contributed by atoms with van der Waals surface area (Å²) in [5.41, 5.74) is 2.48. The third-order valence-corrected chi connectivity index (χ3v) is 4.17. The zero-order valence-corrected chi connectivity index (χ0v) is 16.4. The number of carbonyl (C=O) groups excluding carboxylic acids is 2. The molecule has 0 saturated heterocycles. The van der Waals surface area contributed by atoms with Crippen molar-refractivity contribution in [3.63, 3.8) is 0 Å². The molecule has 0 aliphatic rings. The Balaban J connectivity index is 1.39. The summed E-state index contributed by atoms with van der Waals surface area (Å²) in [6, 6.07) is 26.0. The van der Waals surface area contributed by atoms with E-state index in [0.717, 1.165) is 11.1 Å². The lowest BCUT2D eigenvalue weighted by Crippen LogP contribution is -2.10. The number of carbonyl (C=O) groups is 2. The zero-order chi connectivity index (χ0) is 21.0. The van der Waals surface area contributed by atoms with Crippen LogP contribution in [0.1, 0.15) is 21.5 Å². The van der Waals surface area contributed by atoms with Crippen molar-refractivity contribution >= 4 is 23.9 Å². The van der Waals surface area contributed by atoms with Gasteiger partial charge in [0, 0.05) is 11.6 Å². The van der Waals surface area contributed by atoms with E-state index in [2.05, 4.69) is 0 Å². The van der Waals surface area contributed by atoms with Crippen LogP contribution in [0.25, 0.3) is 12.2 Å². The molecule has 0 fully saturated rings. The van der Waals surface area contributed by atoms with E-state index in [-0.39, 0.29) is 19.0 Å². The molecule has 0 amide bonds. The lowest BCUT2D eigenvalue weighted by Gasteiger charge is -2.06. The van der Waals surface area contributed by atoms with Crippen LogP contribution in [0.5, 0.6) is 5.75 Å². The van der Waals surface area contributed by atoms with E-state index in [1.165, 1.54) is 6.08 Å². The molecule has 4 nitrogen and oxygen atoms in total. The Hall–Kier alpha value is -3.92. The second-order valence-electron chi connectivity index (χ2n) is 6.39. The second kappa shape index (κ2) is 11.2. The fraction of sp³-hybridized carbons (Fsp3) is 0.0769. The van der Waals surface area contributed by atoms with Gasteiger partial charge in [0.15, 0.2) is 5.78 Å². The van der Waals surface area contributed by atoms with Crippen molar-refractivity contribution < 1.29 is 19.1 Å². The van der Waals surface area contributed by atoms with Crippen LogP contribution in [0.2, 0.25) is 0 Å². The third-order valence-electron chi connectivity index (χ3n) is 4.17. The normalized spacial score (nSPS) is 10.9.